The van der Waals surface area contributed by atoms with E-state index in [0.29, 0.717) is 0 Å². The van der Waals surface area contributed by atoms with Crippen molar-refractivity contribution in [3.05, 3.63) is 108 Å². The monoisotopic (exact) mass is 396 g/mol. The fourth-order valence-electron chi connectivity index (χ4n) is 4.27. The van der Waals surface area contributed by atoms with Gasteiger partial charge in [-0.2, -0.15) is 0 Å². The number of aliphatic imine (C=N–C) groups is 1. The number of benzene rings is 3. The van der Waals surface area contributed by atoms with Crippen molar-refractivity contribution in [3.8, 4) is 0 Å². The lowest BCUT2D eigenvalue weighted by atomic mass is 9.67. The van der Waals surface area contributed by atoms with E-state index in [1.54, 1.807) is 0 Å². The number of H-pyrrole nitrogens is 1. The van der Waals surface area contributed by atoms with Crippen LogP contribution in [0.3, 0.4) is 0 Å². The average Bonchev–Trinajstić information content (AvgIpc) is 3.22. The fraction of sp³-hybridized carbons (Fsp3) is 0.154. The first-order chi connectivity index (χ1) is 14.7. The predicted molar refractivity (Wildman–Crippen MR) is 121 cm³/mol. The second kappa shape index (κ2) is 8.37. The quantitative estimate of drug-likeness (QED) is 0.333. The van der Waals surface area contributed by atoms with Crippen molar-refractivity contribution < 1.29 is 9.53 Å². The number of ether oxygens (including phenoxy) is 1. The van der Waals surface area contributed by atoms with Crippen molar-refractivity contribution in [2.75, 3.05) is 6.61 Å². The summed E-state index contributed by atoms with van der Waals surface area (Å²) in [7, 11) is 0. The van der Waals surface area contributed by atoms with Crippen LogP contribution in [-0.2, 0) is 14.9 Å². The molecule has 1 heterocycles. The SMILES string of the molecule is C=NC(c1c[nH]c2ccccc12)C(C(=O)OCC)(c1ccccc1)c1ccccc1. The highest BCUT2D eigenvalue weighted by Crippen LogP contribution is 2.48. The Morgan fingerprint density at radius 1 is 0.967 bits per heavy atom. The van der Waals surface area contributed by atoms with Crippen LogP contribution in [0.1, 0.15) is 29.7 Å². The molecule has 0 saturated carbocycles. The Morgan fingerprint density at radius 3 is 2.10 bits per heavy atom. The van der Waals surface area contributed by atoms with Gasteiger partial charge in [-0.05, 0) is 30.8 Å². The van der Waals surface area contributed by atoms with Gasteiger partial charge in [-0.15, -0.1) is 0 Å². The molecule has 0 radical (unpaired) electrons. The number of hydrogen-bond acceptors (Lipinski definition) is 3. The van der Waals surface area contributed by atoms with E-state index in [4.69, 9.17) is 4.74 Å². The van der Waals surface area contributed by atoms with E-state index in [9.17, 15) is 4.79 Å². The van der Waals surface area contributed by atoms with Crippen LogP contribution in [0.5, 0.6) is 0 Å². The summed E-state index contributed by atoms with van der Waals surface area (Å²) in [4.78, 5) is 21.6. The van der Waals surface area contributed by atoms with Gasteiger partial charge >= 0.3 is 5.97 Å². The van der Waals surface area contributed by atoms with Gasteiger partial charge in [-0.25, -0.2) is 0 Å². The second-order valence-corrected chi connectivity index (χ2v) is 7.14. The maximum Gasteiger partial charge on any atom is 0.323 e. The molecule has 1 N–H and O–H groups in total. The molecule has 4 rings (SSSR count). The Labute approximate surface area is 176 Å². The molecule has 3 aromatic carbocycles. The van der Waals surface area contributed by atoms with E-state index in [2.05, 4.69) is 16.7 Å². The van der Waals surface area contributed by atoms with Crippen LogP contribution in [0.4, 0.5) is 0 Å². The van der Waals surface area contributed by atoms with Gasteiger partial charge < -0.3 is 9.72 Å². The Bertz CT molecular complexity index is 1110. The van der Waals surface area contributed by atoms with Crippen LogP contribution >= 0.6 is 0 Å². The molecule has 0 aliphatic heterocycles. The lowest BCUT2D eigenvalue weighted by Gasteiger charge is -2.37. The summed E-state index contributed by atoms with van der Waals surface area (Å²) >= 11 is 0. The number of fused-ring (bicyclic) bond motifs is 1. The summed E-state index contributed by atoms with van der Waals surface area (Å²) in [5.74, 6) is -0.343. The fourth-order valence-corrected chi connectivity index (χ4v) is 4.27. The molecule has 1 aromatic heterocycles. The Hall–Kier alpha value is -3.66. The Balaban J connectivity index is 2.07. The van der Waals surface area contributed by atoms with Crippen molar-refractivity contribution in [3.63, 3.8) is 0 Å². The van der Waals surface area contributed by atoms with E-state index in [1.807, 2.05) is 98.0 Å². The van der Waals surface area contributed by atoms with Gasteiger partial charge in [0.1, 0.15) is 11.5 Å². The van der Waals surface area contributed by atoms with Gasteiger partial charge in [-0.3, -0.25) is 9.79 Å². The molecule has 150 valence electrons. The lowest BCUT2D eigenvalue weighted by molar-refractivity contribution is -0.149. The summed E-state index contributed by atoms with van der Waals surface area (Å²) in [6, 6.07) is 26.8. The largest absolute Gasteiger partial charge is 0.465 e. The number of aromatic nitrogens is 1. The molecule has 1 unspecified atom stereocenters. The van der Waals surface area contributed by atoms with Gasteiger partial charge in [0, 0.05) is 22.7 Å². The van der Waals surface area contributed by atoms with Crippen LogP contribution in [0.15, 0.2) is 96.1 Å². The molecule has 0 bridgehead atoms. The molecule has 30 heavy (non-hydrogen) atoms. The molecular weight excluding hydrogens is 372 g/mol. The highest BCUT2D eigenvalue weighted by Gasteiger charge is 2.51. The zero-order valence-electron chi connectivity index (χ0n) is 16.9. The number of hydrogen-bond donors (Lipinski definition) is 1. The standard InChI is InChI=1S/C26H24N2O2/c1-3-30-25(29)26(19-12-6-4-7-13-19,20-14-8-5-9-15-20)24(27-2)22-18-28-23-17-11-10-16-21(22)23/h4-18,24,28H,2-3H2,1H3. The molecule has 0 saturated heterocycles. The summed E-state index contributed by atoms with van der Waals surface area (Å²) < 4.78 is 5.67. The number of rotatable bonds is 7. The zero-order chi connectivity index (χ0) is 21.0. The highest BCUT2D eigenvalue weighted by molar-refractivity contribution is 5.92. The summed E-state index contributed by atoms with van der Waals surface area (Å²) in [6.07, 6.45) is 1.92. The van der Waals surface area contributed by atoms with Crippen molar-refractivity contribution in [1.29, 1.82) is 0 Å². The second-order valence-electron chi connectivity index (χ2n) is 7.14. The molecular formula is C26H24N2O2. The molecule has 4 nitrogen and oxygen atoms in total. The molecule has 4 aromatic rings. The minimum Gasteiger partial charge on any atom is -0.465 e. The van der Waals surface area contributed by atoms with Crippen molar-refractivity contribution in [1.82, 2.24) is 4.98 Å². The highest BCUT2D eigenvalue weighted by atomic mass is 16.5. The summed E-state index contributed by atoms with van der Waals surface area (Å²) in [5.41, 5.74) is 2.35. The van der Waals surface area contributed by atoms with Gasteiger partial charge in [0.2, 0.25) is 0 Å². The lowest BCUT2D eigenvalue weighted by Crippen LogP contribution is -2.43. The normalized spacial score (nSPS) is 12.4. The average molecular weight is 396 g/mol. The van der Waals surface area contributed by atoms with E-state index in [-0.39, 0.29) is 12.6 Å². The number of carbonyl (C=O) groups excluding carboxylic acids is 1. The maximum atomic E-state index is 13.8. The molecule has 4 heteroatoms. The van der Waals surface area contributed by atoms with Crippen LogP contribution in [0.2, 0.25) is 0 Å². The number of esters is 1. The van der Waals surface area contributed by atoms with E-state index < -0.39 is 11.5 Å². The topological polar surface area (TPSA) is 54.5 Å². The number of nitrogens with zero attached hydrogens (tertiary/aromatic N) is 1. The van der Waals surface area contributed by atoms with Crippen LogP contribution in [0, 0.1) is 0 Å². The third-order valence-electron chi connectivity index (χ3n) is 5.56. The first kappa shape index (κ1) is 19.6. The van der Waals surface area contributed by atoms with Crippen molar-refractivity contribution >= 4 is 23.6 Å². The van der Waals surface area contributed by atoms with Gasteiger partial charge in [0.15, 0.2) is 0 Å². The molecule has 0 spiro atoms. The minimum absolute atomic E-state index is 0.276. The van der Waals surface area contributed by atoms with Crippen LogP contribution in [-0.4, -0.2) is 24.3 Å². The smallest absolute Gasteiger partial charge is 0.323 e. The molecule has 1 atom stereocenters. The summed E-state index contributed by atoms with van der Waals surface area (Å²) in [5, 5.41) is 1.01. The van der Waals surface area contributed by atoms with Crippen molar-refractivity contribution in [2.45, 2.75) is 18.4 Å². The molecule has 0 fully saturated rings. The predicted octanol–water partition coefficient (Wildman–Crippen LogP) is 5.46. The Kier molecular flexibility index (Phi) is 5.48. The van der Waals surface area contributed by atoms with Crippen LogP contribution in [0.25, 0.3) is 10.9 Å². The van der Waals surface area contributed by atoms with Gasteiger partial charge in [0.05, 0.1) is 6.61 Å². The molecule has 0 aliphatic rings. The number of para-hydroxylation sites is 1. The number of carbonyl (C=O) groups is 1. The molecule has 0 aliphatic carbocycles. The summed E-state index contributed by atoms with van der Waals surface area (Å²) in [6.45, 7) is 6.01. The van der Waals surface area contributed by atoms with E-state index in [1.165, 1.54) is 0 Å². The van der Waals surface area contributed by atoms with E-state index >= 15 is 0 Å². The number of nitrogens with one attached hydrogen (secondary N) is 1. The third-order valence-corrected chi connectivity index (χ3v) is 5.56. The first-order valence-corrected chi connectivity index (χ1v) is 10.0. The first-order valence-electron chi connectivity index (χ1n) is 10.0. The third kappa shape index (κ3) is 3.11. The Morgan fingerprint density at radius 2 is 1.53 bits per heavy atom. The van der Waals surface area contributed by atoms with Gasteiger partial charge in [0.25, 0.3) is 0 Å². The maximum absolute atomic E-state index is 13.8. The van der Waals surface area contributed by atoms with Gasteiger partial charge in [-0.1, -0.05) is 78.9 Å². The van der Waals surface area contributed by atoms with Crippen molar-refractivity contribution in [2.24, 2.45) is 4.99 Å². The van der Waals surface area contributed by atoms with Crippen LogP contribution < -0.4 is 0 Å². The molecule has 0 amide bonds. The van der Waals surface area contributed by atoms with E-state index in [0.717, 1.165) is 27.6 Å². The minimum atomic E-state index is -1.18. The zero-order valence-corrected chi connectivity index (χ0v) is 16.9. The number of aromatic amines is 1.